The molecule has 1 amide bonds. The smallest absolute Gasteiger partial charge is 0.267 e. The maximum absolute atomic E-state index is 12.0. The van der Waals surface area contributed by atoms with Crippen molar-refractivity contribution in [3.8, 4) is 0 Å². The van der Waals surface area contributed by atoms with Crippen LogP contribution in [0.2, 0.25) is 0 Å². The molecule has 1 aliphatic carbocycles. The van der Waals surface area contributed by atoms with Crippen LogP contribution in [0.3, 0.4) is 0 Å². The van der Waals surface area contributed by atoms with E-state index in [1.165, 1.54) is 21.9 Å². The number of rotatable bonds is 3. The Morgan fingerprint density at radius 1 is 1.39 bits per heavy atom. The summed E-state index contributed by atoms with van der Waals surface area (Å²) in [6.45, 7) is 2.10. The molecule has 18 heavy (non-hydrogen) atoms. The molecule has 2 aromatic heterocycles. The van der Waals surface area contributed by atoms with E-state index in [0.717, 1.165) is 29.3 Å². The molecule has 0 unspecified atom stereocenters. The minimum atomic E-state index is -0.0351. The van der Waals surface area contributed by atoms with Crippen LogP contribution in [0.5, 0.6) is 0 Å². The van der Waals surface area contributed by atoms with Gasteiger partial charge in [-0.2, -0.15) is 0 Å². The van der Waals surface area contributed by atoms with Crippen molar-refractivity contribution in [2.24, 2.45) is 0 Å². The highest BCUT2D eigenvalue weighted by Crippen LogP contribution is 2.30. The standard InChI is InChI=1S/C13H14N2OS2/c1-2-8-6-7-11(17-8)12(16)15-13-14-9-4-3-5-10(9)18-13/h6-7H,2-5H2,1H3,(H,14,15,16). The van der Waals surface area contributed by atoms with Gasteiger partial charge in [-0.3, -0.25) is 10.1 Å². The lowest BCUT2D eigenvalue weighted by atomic mass is 10.3. The number of thiophene rings is 1. The Labute approximate surface area is 114 Å². The van der Waals surface area contributed by atoms with Crippen LogP contribution in [0, 0.1) is 0 Å². The molecule has 1 aliphatic rings. The first-order valence-corrected chi connectivity index (χ1v) is 7.78. The Hall–Kier alpha value is -1.20. The molecule has 0 radical (unpaired) electrons. The summed E-state index contributed by atoms with van der Waals surface area (Å²) in [6, 6.07) is 3.90. The van der Waals surface area contributed by atoms with Crippen molar-refractivity contribution in [2.45, 2.75) is 32.6 Å². The molecule has 0 atom stereocenters. The van der Waals surface area contributed by atoms with Crippen molar-refractivity contribution in [2.75, 3.05) is 5.32 Å². The minimum absolute atomic E-state index is 0.0351. The first-order chi connectivity index (χ1) is 8.76. The van der Waals surface area contributed by atoms with Gasteiger partial charge in [-0.05, 0) is 37.8 Å². The highest BCUT2D eigenvalue weighted by atomic mass is 32.1. The zero-order valence-electron chi connectivity index (χ0n) is 10.2. The third kappa shape index (κ3) is 2.20. The van der Waals surface area contributed by atoms with E-state index in [2.05, 4.69) is 17.2 Å². The Morgan fingerprint density at radius 3 is 3.00 bits per heavy atom. The van der Waals surface area contributed by atoms with Crippen LogP contribution in [0.25, 0.3) is 0 Å². The van der Waals surface area contributed by atoms with E-state index in [9.17, 15) is 4.79 Å². The molecule has 5 heteroatoms. The summed E-state index contributed by atoms with van der Waals surface area (Å²) in [4.78, 5) is 19.9. The van der Waals surface area contributed by atoms with Gasteiger partial charge in [-0.1, -0.05) is 6.92 Å². The molecule has 0 aliphatic heterocycles. The normalized spacial score (nSPS) is 13.6. The quantitative estimate of drug-likeness (QED) is 0.933. The summed E-state index contributed by atoms with van der Waals surface area (Å²) in [7, 11) is 0. The fraction of sp³-hybridized carbons (Fsp3) is 0.385. The number of anilines is 1. The van der Waals surface area contributed by atoms with E-state index < -0.39 is 0 Å². The molecule has 2 aromatic rings. The van der Waals surface area contributed by atoms with Crippen molar-refractivity contribution in [3.05, 3.63) is 32.5 Å². The Bertz CT molecular complexity index is 564. The van der Waals surface area contributed by atoms with Gasteiger partial charge in [-0.25, -0.2) is 4.98 Å². The maximum atomic E-state index is 12.0. The monoisotopic (exact) mass is 278 g/mol. The Kier molecular flexibility index (Phi) is 3.18. The molecular formula is C13H14N2OS2. The van der Waals surface area contributed by atoms with Gasteiger partial charge in [-0.15, -0.1) is 22.7 Å². The molecule has 1 N–H and O–H groups in total. The topological polar surface area (TPSA) is 42.0 Å². The summed E-state index contributed by atoms with van der Waals surface area (Å²) >= 11 is 3.17. The van der Waals surface area contributed by atoms with Crippen molar-refractivity contribution in [1.29, 1.82) is 0 Å². The third-order valence-electron chi connectivity index (χ3n) is 3.05. The number of aryl methyl sites for hydroxylation is 3. The van der Waals surface area contributed by atoms with Gasteiger partial charge >= 0.3 is 0 Å². The molecule has 3 rings (SSSR count). The number of carbonyl (C=O) groups excluding carboxylic acids is 1. The molecule has 0 saturated carbocycles. The fourth-order valence-electron chi connectivity index (χ4n) is 2.09. The third-order valence-corrected chi connectivity index (χ3v) is 5.35. The SMILES string of the molecule is CCc1ccc(C(=O)Nc2nc3c(s2)CCC3)s1. The molecule has 94 valence electrons. The number of hydrogen-bond donors (Lipinski definition) is 1. The molecule has 3 nitrogen and oxygen atoms in total. The molecular weight excluding hydrogens is 264 g/mol. The van der Waals surface area contributed by atoms with Crippen LogP contribution >= 0.6 is 22.7 Å². The van der Waals surface area contributed by atoms with Gasteiger partial charge in [0.2, 0.25) is 0 Å². The summed E-state index contributed by atoms with van der Waals surface area (Å²) < 4.78 is 0. The summed E-state index contributed by atoms with van der Waals surface area (Å²) in [6.07, 6.45) is 4.35. The first kappa shape index (κ1) is 11.9. The molecule has 0 saturated heterocycles. The van der Waals surface area contributed by atoms with Crippen molar-refractivity contribution < 1.29 is 4.79 Å². The summed E-state index contributed by atoms with van der Waals surface area (Å²) in [5, 5.41) is 3.65. The van der Waals surface area contributed by atoms with Gasteiger partial charge < -0.3 is 0 Å². The van der Waals surface area contributed by atoms with E-state index in [-0.39, 0.29) is 5.91 Å². The molecule has 2 heterocycles. The Balaban J connectivity index is 1.73. The molecule has 0 spiro atoms. The average molecular weight is 278 g/mol. The van der Waals surface area contributed by atoms with Crippen molar-refractivity contribution >= 4 is 33.7 Å². The first-order valence-electron chi connectivity index (χ1n) is 6.15. The lowest BCUT2D eigenvalue weighted by Gasteiger charge is -1.98. The van der Waals surface area contributed by atoms with Gasteiger partial charge in [0.15, 0.2) is 5.13 Å². The van der Waals surface area contributed by atoms with Crippen LogP contribution in [0.4, 0.5) is 5.13 Å². The van der Waals surface area contributed by atoms with Crippen LogP contribution in [0.15, 0.2) is 12.1 Å². The van der Waals surface area contributed by atoms with Crippen LogP contribution < -0.4 is 5.32 Å². The van der Waals surface area contributed by atoms with Crippen LogP contribution in [0.1, 0.15) is 38.5 Å². The van der Waals surface area contributed by atoms with E-state index in [1.807, 2.05) is 12.1 Å². The highest BCUT2D eigenvalue weighted by molar-refractivity contribution is 7.16. The lowest BCUT2D eigenvalue weighted by molar-refractivity contribution is 0.103. The number of carbonyl (C=O) groups is 1. The minimum Gasteiger partial charge on any atom is -0.297 e. The number of aromatic nitrogens is 1. The predicted octanol–water partition coefficient (Wildman–Crippen LogP) is 3.51. The second kappa shape index (κ2) is 4.82. The fourth-order valence-corrected chi connectivity index (χ4v) is 3.98. The second-order valence-corrected chi connectivity index (χ2v) is 6.57. The van der Waals surface area contributed by atoms with Crippen molar-refractivity contribution in [1.82, 2.24) is 4.98 Å². The van der Waals surface area contributed by atoms with Gasteiger partial charge in [0.1, 0.15) is 0 Å². The van der Waals surface area contributed by atoms with E-state index in [0.29, 0.717) is 0 Å². The number of amides is 1. The second-order valence-electron chi connectivity index (χ2n) is 4.32. The highest BCUT2D eigenvalue weighted by Gasteiger charge is 2.18. The van der Waals surface area contributed by atoms with Gasteiger partial charge in [0.25, 0.3) is 5.91 Å². The number of fused-ring (bicyclic) bond motifs is 1. The predicted molar refractivity (Wildman–Crippen MR) is 75.8 cm³/mol. The van der Waals surface area contributed by atoms with Crippen LogP contribution in [-0.4, -0.2) is 10.9 Å². The Morgan fingerprint density at radius 2 is 2.28 bits per heavy atom. The molecule has 0 aromatic carbocycles. The zero-order valence-corrected chi connectivity index (χ0v) is 11.8. The van der Waals surface area contributed by atoms with Crippen LogP contribution in [-0.2, 0) is 19.3 Å². The number of nitrogens with zero attached hydrogens (tertiary/aromatic N) is 1. The zero-order chi connectivity index (χ0) is 12.5. The maximum Gasteiger partial charge on any atom is 0.267 e. The van der Waals surface area contributed by atoms with E-state index in [4.69, 9.17) is 0 Å². The lowest BCUT2D eigenvalue weighted by Crippen LogP contribution is -2.09. The molecule has 0 bridgehead atoms. The summed E-state index contributed by atoms with van der Waals surface area (Å²) in [5.74, 6) is -0.0351. The van der Waals surface area contributed by atoms with Gasteiger partial charge in [0, 0.05) is 9.75 Å². The van der Waals surface area contributed by atoms with Crippen molar-refractivity contribution in [3.63, 3.8) is 0 Å². The molecule has 0 fully saturated rings. The largest absolute Gasteiger partial charge is 0.297 e. The van der Waals surface area contributed by atoms with E-state index >= 15 is 0 Å². The average Bonchev–Trinajstić information content (AvgIpc) is 3.02. The number of thiazole rings is 1. The van der Waals surface area contributed by atoms with Gasteiger partial charge in [0.05, 0.1) is 10.6 Å². The summed E-state index contributed by atoms with van der Waals surface area (Å²) in [5.41, 5.74) is 1.18. The number of nitrogens with one attached hydrogen (secondary N) is 1. The van der Waals surface area contributed by atoms with E-state index in [1.54, 1.807) is 22.7 Å². The number of hydrogen-bond acceptors (Lipinski definition) is 4.